The van der Waals surface area contributed by atoms with Gasteiger partial charge in [0.05, 0.1) is 24.0 Å². The van der Waals surface area contributed by atoms with E-state index in [1.165, 1.54) is 0 Å². The molecule has 0 amide bonds. The Morgan fingerprint density at radius 2 is 1.42 bits per heavy atom. The Bertz CT molecular complexity index is 893. The number of hydrogen-bond donors (Lipinski definition) is 0. The van der Waals surface area contributed by atoms with Crippen LogP contribution in [0.5, 0.6) is 0 Å². The van der Waals surface area contributed by atoms with Crippen molar-refractivity contribution in [2.45, 2.75) is 13.8 Å². The summed E-state index contributed by atoms with van der Waals surface area (Å²) in [5, 5.41) is 4.35. The van der Waals surface area contributed by atoms with Crippen molar-refractivity contribution in [3.63, 3.8) is 0 Å². The summed E-state index contributed by atoms with van der Waals surface area (Å²) in [6, 6.07) is 18.4. The third-order valence-electron chi connectivity index (χ3n) is 4.37. The van der Waals surface area contributed by atoms with Gasteiger partial charge in [0.25, 0.3) is 0 Å². The highest BCUT2D eigenvalue weighted by atomic mass is 31.2. The second-order valence-corrected chi connectivity index (χ2v) is 8.97. The Morgan fingerprint density at radius 3 is 1.96 bits per heavy atom. The maximum Gasteiger partial charge on any atom is 0.410 e. The molecule has 1 saturated heterocycles. The van der Waals surface area contributed by atoms with Crippen LogP contribution in [-0.2, 0) is 13.6 Å². The molecule has 0 N–H and O–H groups in total. The van der Waals surface area contributed by atoms with E-state index in [2.05, 4.69) is 18.2 Å². The highest BCUT2D eigenvalue weighted by Gasteiger charge is 2.41. The van der Waals surface area contributed by atoms with Crippen molar-refractivity contribution in [1.82, 2.24) is 0 Å². The zero-order valence-electron chi connectivity index (χ0n) is 13.9. The fourth-order valence-corrected chi connectivity index (χ4v) is 4.91. The molecule has 3 aromatic rings. The first kappa shape index (κ1) is 15.7. The van der Waals surface area contributed by atoms with E-state index in [0.29, 0.717) is 13.2 Å². The molecule has 3 aromatic carbocycles. The minimum absolute atomic E-state index is 0.109. The van der Waals surface area contributed by atoms with E-state index in [4.69, 9.17) is 9.05 Å². The number of fused-ring (bicyclic) bond motifs is 2. The highest BCUT2D eigenvalue weighted by molar-refractivity contribution is 7.56. The van der Waals surface area contributed by atoms with Crippen LogP contribution in [0, 0.1) is 11.6 Å². The molecule has 0 atom stereocenters. The average Bonchev–Trinajstić information content (AvgIpc) is 2.58. The minimum atomic E-state index is -3.25. The van der Waals surface area contributed by atoms with Crippen LogP contribution in [-0.4, -0.2) is 13.2 Å². The molecule has 122 valence electrons. The molecule has 0 unspecified atom stereocenters. The first-order valence-corrected chi connectivity index (χ1v) is 9.72. The number of rotatable bonds is 2. The van der Waals surface area contributed by atoms with Gasteiger partial charge in [-0.1, -0.05) is 26.0 Å². The lowest BCUT2D eigenvalue weighted by Crippen LogP contribution is -2.29. The van der Waals surface area contributed by atoms with Crippen LogP contribution in [0.25, 0.3) is 21.5 Å². The van der Waals surface area contributed by atoms with Crippen molar-refractivity contribution in [3.05, 3.63) is 66.3 Å². The molecule has 3 nitrogen and oxygen atoms in total. The fourth-order valence-electron chi connectivity index (χ4n) is 3.03. The van der Waals surface area contributed by atoms with Crippen molar-refractivity contribution in [1.29, 1.82) is 0 Å². The number of benzene rings is 3. The molecule has 0 radical (unpaired) electrons. The normalized spacial score (nSPS) is 19.4. The summed E-state index contributed by atoms with van der Waals surface area (Å²) < 4.78 is 24.4. The standard InChI is InChI=1S/C20H20O3P/c1-20(2)13-22-24(21,23-14-20)12-19-17-9-5-3-7-15(17)11-16-8-4-6-10-18(16)19/h3-12H,13-14H2,1-2H3/q+1. The van der Waals surface area contributed by atoms with Crippen LogP contribution in [0.15, 0.2) is 54.6 Å². The fraction of sp³-hybridized carbons (Fsp3) is 0.250. The number of hydrogen-bond acceptors (Lipinski definition) is 3. The Hall–Kier alpha value is -1.80. The first-order chi connectivity index (χ1) is 11.5. The van der Waals surface area contributed by atoms with Gasteiger partial charge in [0.1, 0.15) is 6.16 Å². The van der Waals surface area contributed by atoms with E-state index in [-0.39, 0.29) is 5.41 Å². The van der Waals surface area contributed by atoms with Crippen molar-refractivity contribution >= 4 is 29.1 Å². The predicted octanol–water partition coefficient (Wildman–Crippen LogP) is 5.77. The van der Waals surface area contributed by atoms with Gasteiger partial charge in [-0.25, -0.2) is 4.57 Å². The van der Waals surface area contributed by atoms with Gasteiger partial charge in [-0.3, -0.25) is 9.05 Å². The SMILES string of the molecule is CC1(C)COP(=O)([CH+]c2c3ccccc3cc3ccccc23)OC1. The van der Waals surface area contributed by atoms with E-state index in [1.54, 1.807) is 6.16 Å². The topological polar surface area (TPSA) is 35.5 Å². The predicted molar refractivity (Wildman–Crippen MR) is 98.1 cm³/mol. The first-order valence-electron chi connectivity index (χ1n) is 8.11. The van der Waals surface area contributed by atoms with Crippen molar-refractivity contribution in [3.8, 4) is 0 Å². The summed E-state index contributed by atoms with van der Waals surface area (Å²) in [5.74, 6) is 0. The van der Waals surface area contributed by atoms with Crippen LogP contribution in [0.4, 0.5) is 0 Å². The monoisotopic (exact) mass is 339 g/mol. The summed E-state index contributed by atoms with van der Waals surface area (Å²) in [7, 11) is -3.25. The molecule has 4 heteroatoms. The van der Waals surface area contributed by atoms with Crippen molar-refractivity contribution < 1.29 is 13.6 Å². The van der Waals surface area contributed by atoms with Crippen molar-refractivity contribution in [2.75, 3.05) is 13.2 Å². The molecule has 4 rings (SSSR count). The Kier molecular flexibility index (Phi) is 3.69. The van der Waals surface area contributed by atoms with Gasteiger partial charge in [-0.05, 0) is 30.3 Å². The molecule has 1 aliphatic heterocycles. The molecule has 0 aromatic heterocycles. The molecule has 1 aliphatic rings. The summed E-state index contributed by atoms with van der Waals surface area (Å²) in [5.41, 5.74) is 0.814. The molecular weight excluding hydrogens is 319 g/mol. The molecule has 0 bridgehead atoms. The molecule has 0 saturated carbocycles. The van der Waals surface area contributed by atoms with Crippen LogP contribution in [0.1, 0.15) is 19.4 Å². The molecular formula is C20H20O3P+. The second kappa shape index (κ2) is 5.63. The maximum atomic E-state index is 13.1. The minimum Gasteiger partial charge on any atom is -0.295 e. The zero-order chi connectivity index (χ0) is 16.8. The smallest absolute Gasteiger partial charge is 0.295 e. The van der Waals surface area contributed by atoms with Gasteiger partial charge in [0.15, 0.2) is 5.56 Å². The Balaban J connectivity index is 1.84. The molecule has 0 spiro atoms. The highest BCUT2D eigenvalue weighted by Crippen LogP contribution is 2.58. The summed E-state index contributed by atoms with van der Waals surface area (Å²) in [4.78, 5) is 0. The summed E-state index contributed by atoms with van der Waals surface area (Å²) >= 11 is 0. The van der Waals surface area contributed by atoms with Crippen LogP contribution < -0.4 is 0 Å². The van der Waals surface area contributed by atoms with Crippen LogP contribution in [0.3, 0.4) is 0 Å². The quantitative estimate of drug-likeness (QED) is 0.338. The van der Waals surface area contributed by atoms with Crippen LogP contribution in [0.2, 0.25) is 0 Å². The van der Waals surface area contributed by atoms with E-state index in [1.807, 2.05) is 50.2 Å². The van der Waals surface area contributed by atoms with E-state index in [9.17, 15) is 4.57 Å². The second-order valence-electron chi connectivity index (χ2n) is 7.11. The lowest BCUT2D eigenvalue weighted by atomic mass is 9.97. The molecule has 1 fully saturated rings. The zero-order valence-corrected chi connectivity index (χ0v) is 14.8. The molecule has 1 heterocycles. The van der Waals surface area contributed by atoms with E-state index in [0.717, 1.165) is 27.1 Å². The van der Waals surface area contributed by atoms with E-state index < -0.39 is 7.60 Å². The van der Waals surface area contributed by atoms with Gasteiger partial charge in [0, 0.05) is 28.3 Å². The largest absolute Gasteiger partial charge is 0.410 e. The lowest BCUT2D eigenvalue weighted by Gasteiger charge is -2.32. The average molecular weight is 339 g/mol. The Labute approximate surface area is 142 Å². The third kappa shape index (κ3) is 2.84. The lowest BCUT2D eigenvalue weighted by molar-refractivity contribution is 0.0445. The van der Waals surface area contributed by atoms with Gasteiger partial charge in [-0.15, -0.1) is 0 Å². The third-order valence-corrected chi connectivity index (χ3v) is 5.92. The maximum absolute atomic E-state index is 13.1. The van der Waals surface area contributed by atoms with Gasteiger partial charge in [0.2, 0.25) is 0 Å². The van der Waals surface area contributed by atoms with Gasteiger partial charge >= 0.3 is 7.60 Å². The van der Waals surface area contributed by atoms with E-state index >= 15 is 0 Å². The van der Waals surface area contributed by atoms with Gasteiger partial charge < -0.3 is 0 Å². The van der Waals surface area contributed by atoms with Crippen molar-refractivity contribution in [2.24, 2.45) is 5.41 Å². The van der Waals surface area contributed by atoms with Crippen LogP contribution >= 0.6 is 7.60 Å². The molecule has 0 aliphatic carbocycles. The molecule has 24 heavy (non-hydrogen) atoms. The Morgan fingerprint density at radius 1 is 0.917 bits per heavy atom. The van der Waals surface area contributed by atoms with Gasteiger partial charge in [-0.2, -0.15) is 0 Å². The summed E-state index contributed by atoms with van der Waals surface area (Å²) in [6.07, 6.45) is 1.70. The summed E-state index contributed by atoms with van der Waals surface area (Å²) in [6.45, 7) is 4.96.